The Balaban J connectivity index is 2.49. The minimum absolute atomic E-state index is 0.174. The van der Waals surface area contributed by atoms with Gasteiger partial charge in [-0.05, 0) is 19.1 Å². The third kappa shape index (κ3) is 1.74. The first-order valence-electron chi connectivity index (χ1n) is 4.51. The topological polar surface area (TPSA) is 55.1 Å². The van der Waals surface area contributed by atoms with Crippen molar-refractivity contribution in [2.45, 2.75) is 6.92 Å². The van der Waals surface area contributed by atoms with Crippen molar-refractivity contribution in [3.63, 3.8) is 0 Å². The minimum Gasteiger partial charge on any atom is -0.508 e. The molecule has 0 spiro atoms. The number of hydrogen-bond acceptors (Lipinski definition) is 3. The standard InChI is InChI=1S/C11H10N2O2/c1-8-9(7-14)6-13(12-8)10-3-2-4-11(15)5-10/h2-7,15H,1H3. The average Bonchev–Trinajstić information content (AvgIpc) is 2.60. The van der Waals surface area contributed by atoms with E-state index in [0.717, 1.165) is 12.0 Å². The quantitative estimate of drug-likeness (QED) is 0.754. The predicted molar refractivity (Wildman–Crippen MR) is 55.4 cm³/mol. The van der Waals surface area contributed by atoms with Crippen LogP contribution in [0, 0.1) is 6.92 Å². The number of aromatic nitrogens is 2. The maximum absolute atomic E-state index is 10.6. The Labute approximate surface area is 86.8 Å². The van der Waals surface area contributed by atoms with Crippen LogP contribution < -0.4 is 0 Å². The van der Waals surface area contributed by atoms with E-state index >= 15 is 0 Å². The highest BCUT2D eigenvalue weighted by molar-refractivity contribution is 5.76. The van der Waals surface area contributed by atoms with E-state index < -0.39 is 0 Å². The van der Waals surface area contributed by atoms with Gasteiger partial charge in [-0.1, -0.05) is 6.07 Å². The molecule has 1 aromatic heterocycles. The Hall–Kier alpha value is -2.10. The van der Waals surface area contributed by atoms with Crippen molar-refractivity contribution in [2.75, 3.05) is 0 Å². The molecule has 4 nitrogen and oxygen atoms in total. The van der Waals surface area contributed by atoms with Crippen molar-refractivity contribution in [1.29, 1.82) is 0 Å². The van der Waals surface area contributed by atoms with Gasteiger partial charge in [0.15, 0.2) is 6.29 Å². The fourth-order valence-electron chi connectivity index (χ4n) is 1.36. The fraction of sp³-hybridized carbons (Fsp3) is 0.0909. The van der Waals surface area contributed by atoms with Gasteiger partial charge in [0.1, 0.15) is 5.75 Å². The Bertz CT molecular complexity index is 503. The highest BCUT2D eigenvalue weighted by Crippen LogP contribution is 2.15. The molecule has 4 heteroatoms. The van der Waals surface area contributed by atoms with Crippen LogP contribution in [0.1, 0.15) is 16.1 Å². The molecule has 76 valence electrons. The number of aryl methyl sites for hydroxylation is 1. The summed E-state index contributed by atoms with van der Waals surface area (Å²) in [6.45, 7) is 1.77. The summed E-state index contributed by atoms with van der Waals surface area (Å²) < 4.78 is 1.57. The van der Waals surface area contributed by atoms with Crippen LogP contribution in [0.5, 0.6) is 5.75 Å². The third-order valence-corrected chi connectivity index (χ3v) is 2.16. The highest BCUT2D eigenvalue weighted by atomic mass is 16.3. The van der Waals surface area contributed by atoms with Gasteiger partial charge in [0.2, 0.25) is 0 Å². The molecule has 1 aromatic carbocycles. The van der Waals surface area contributed by atoms with Crippen LogP contribution in [0.2, 0.25) is 0 Å². The summed E-state index contributed by atoms with van der Waals surface area (Å²) in [6.07, 6.45) is 2.40. The Morgan fingerprint density at radius 2 is 2.27 bits per heavy atom. The lowest BCUT2D eigenvalue weighted by Gasteiger charge is -2.00. The van der Waals surface area contributed by atoms with E-state index in [1.807, 2.05) is 0 Å². The zero-order chi connectivity index (χ0) is 10.8. The van der Waals surface area contributed by atoms with Crippen LogP contribution in [-0.2, 0) is 0 Å². The first-order valence-corrected chi connectivity index (χ1v) is 4.51. The number of carbonyl (C=O) groups is 1. The van der Waals surface area contributed by atoms with Crippen LogP contribution in [0.25, 0.3) is 5.69 Å². The number of benzene rings is 1. The van der Waals surface area contributed by atoms with Crippen molar-refractivity contribution in [1.82, 2.24) is 9.78 Å². The molecule has 0 saturated carbocycles. The Morgan fingerprint density at radius 3 is 2.87 bits per heavy atom. The second kappa shape index (κ2) is 3.57. The molecular formula is C11H10N2O2. The van der Waals surface area contributed by atoms with Gasteiger partial charge in [-0.15, -0.1) is 0 Å². The second-order valence-electron chi connectivity index (χ2n) is 3.25. The number of hydrogen-bond donors (Lipinski definition) is 1. The zero-order valence-electron chi connectivity index (χ0n) is 8.21. The van der Waals surface area contributed by atoms with Crippen LogP contribution in [-0.4, -0.2) is 21.2 Å². The number of phenols is 1. The molecule has 2 rings (SSSR count). The minimum atomic E-state index is 0.174. The molecule has 0 bridgehead atoms. The molecule has 0 amide bonds. The van der Waals surface area contributed by atoms with E-state index in [-0.39, 0.29) is 5.75 Å². The second-order valence-corrected chi connectivity index (χ2v) is 3.25. The SMILES string of the molecule is Cc1nn(-c2cccc(O)c2)cc1C=O. The summed E-state index contributed by atoms with van der Waals surface area (Å²) >= 11 is 0. The lowest BCUT2D eigenvalue weighted by atomic mass is 10.3. The normalized spacial score (nSPS) is 10.2. The first kappa shape index (κ1) is 9.45. The lowest BCUT2D eigenvalue weighted by Crippen LogP contribution is -1.93. The number of carbonyl (C=O) groups excluding carboxylic acids is 1. The van der Waals surface area contributed by atoms with Crippen LogP contribution in [0.4, 0.5) is 0 Å². The molecule has 0 aliphatic rings. The van der Waals surface area contributed by atoms with E-state index in [0.29, 0.717) is 11.3 Å². The highest BCUT2D eigenvalue weighted by Gasteiger charge is 2.05. The van der Waals surface area contributed by atoms with Gasteiger partial charge in [-0.3, -0.25) is 4.79 Å². The van der Waals surface area contributed by atoms with Gasteiger partial charge in [-0.2, -0.15) is 5.10 Å². The summed E-state index contributed by atoms with van der Waals surface area (Å²) in [6, 6.07) is 6.70. The smallest absolute Gasteiger partial charge is 0.153 e. The summed E-state index contributed by atoms with van der Waals surface area (Å²) in [7, 11) is 0. The lowest BCUT2D eigenvalue weighted by molar-refractivity contribution is 0.112. The molecule has 0 aliphatic heterocycles. The molecule has 0 atom stereocenters. The number of nitrogens with zero attached hydrogens (tertiary/aromatic N) is 2. The van der Waals surface area contributed by atoms with Gasteiger partial charge in [0.25, 0.3) is 0 Å². The van der Waals surface area contributed by atoms with Crippen LogP contribution >= 0.6 is 0 Å². The fourth-order valence-corrected chi connectivity index (χ4v) is 1.36. The van der Waals surface area contributed by atoms with Gasteiger partial charge < -0.3 is 5.11 Å². The van der Waals surface area contributed by atoms with E-state index in [1.54, 1.807) is 42.1 Å². The van der Waals surface area contributed by atoms with E-state index in [2.05, 4.69) is 5.10 Å². The van der Waals surface area contributed by atoms with Gasteiger partial charge in [-0.25, -0.2) is 4.68 Å². The molecular weight excluding hydrogens is 192 g/mol. The van der Waals surface area contributed by atoms with Crippen molar-refractivity contribution in [3.05, 3.63) is 41.7 Å². The third-order valence-electron chi connectivity index (χ3n) is 2.16. The van der Waals surface area contributed by atoms with E-state index in [4.69, 9.17) is 0 Å². The first-order chi connectivity index (χ1) is 7.20. The van der Waals surface area contributed by atoms with Crippen molar-refractivity contribution in [2.24, 2.45) is 0 Å². The summed E-state index contributed by atoms with van der Waals surface area (Å²) in [5, 5.41) is 13.5. The molecule has 0 saturated heterocycles. The molecule has 0 unspecified atom stereocenters. The van der Waals surface area contributed by atoms with E-state index in [1.165, 1.54) is 0 Å². The van der Waals surface area contributed by atoms with Crippen molar-refractivity contribution < 1.29 is 9.90 Å². The Kier molecular flexibility index (Phi) is 2.25. The van der Waals surface area contributed by atoms with Gasteiger partial charge in [0.05, 0.1) is 16.9 Å². The number of phenolic OH excluding ortho intramolecular Hbond substituents is 1. The monoisotopic (exact) mass is 202 g/mol. The van der Waals surface area contributed by atoms with Crippen LogP contribution in [0.15, 0.2) is 30.5 Å². The summed E-state index contributed by atoms with van der Waals surface area (Å²) in [4.78, 5) is 10.6. The molecule has 0 fully saturated rings. The Morgan fingerprint density at radius 1 is 1.47 bits per heavy atom. The molecule has 0 aliphatic carbocycles. The average molecular weight is 202 g/mol. The molecule has 2 aromatic rings. The van der Waals surface area contributed by atoms with Gasteiger partial charge in [0, 0.05) is 12.3 Å². The number of rotatable bonds is 2. The maximum atomic E-state index is 10.6. The van der Waals surface area contributed by atoms with Crippen LogP contribution in [0.3, 0.4) is 0 Å². The summed E-state index contributed by atoms with van der Waals surface area (Å²) in [5.41, 5.74) is 1.96. The zero-order valence-corrected chi connectivity index (χ0v) is 8.21. The molecule has 0 radical (unpaired) electrons. The summed E-state index contributed by atoms with van der Waals surface area (Å²) in [5.74, 6) is 0.174. The van der Waals surface area contributed by atoms with E-state index in [9.17, 15) is 9.90 Å². The van der Waals surface area contributed by atoms with Crippen molar-refractivity contribution >= 4 is 6.29 Å². The number of aromatic hydroxyl groups is 1. The molecule has 1 N–H and O–H groups in total. The van der Waals surface area contributed by atoms with Gasteiger partial charge >= 0.3 is 0 Å². The largest absolute Gasteiger partial charge is 0.508 e. The van der Waals surface area contributed by atoms with Crippen molar-refractivity contribution in [3.8, 4) is 11.4 Å². The predicted octanol–water partition coefficient (Wildman–Crippen LogP) is 1.70. The number of aldehydes is 1. The maximum Gasteiger partial charge on any atom is 0.153 e. The molecule has 1 heterocycles. The molecule has 15 heavy (non-hydrogen) atoms.